The van der Waals surface area contributed by atoms with Crippen LogP contribution in [0.15, 0.2) is 0 Å². The summed E-state index contributed by atoms with van der Waals surface area (Å²) in [6, 6.07) is 0.0730. The summed E-state index contributed by atoms with van der Waals surface area (Å²) in [6.07, 6.45) is 6.79. The van der Waals surface area contributed by atoms with Crippen molar-refractivity contribution < 1.29 is 9.84 Å². The van der Waals surface area contributed by atoms with Crippen molar-refractivity contribution in [3.63, 3.8) is 0 Å². The summed E-state index contributed by atoms with van der Waals surface area (Å²) in [5, 5.41) is 22.6. The molecule has 2 atom stereocenters. The van der Waals surface area contributed by atoms with E-state index in [9.17, 15) is 5.11 Å². The smallest absolute Gasteiger partial charge is 0.155 e. The molecule has 0 aromatic carbocycles. The second-order valence-electron chi connectivity index (χ2n) is 7.07. The molecule has 1 aromatic heterocycles. The molecular formula is C16H22ClN3O2. The Balaban J connectivity index is 1.62. The summed E-state index contributed by atoms with van der Waals surface area (Å²) in [4.78, 5) is 0. The van der Waals surface area contributed by atoms with Crippen molar-refractivity contribution in [2.75, 3.05) is 18.5 Å². The molecule has 1 saturated heterocycles. The number of fused-ring (bicyclic) bond motifs is 1. The van der Waals surface area contributed by atoms with E-state index < -0.39 is 0 Å². The number of aromatic nitrogens is 2. The molecule has 0 radical (unpaired) electrons. The van der Waals surface area contributed by atoms with Gasteiger partial charge in [-0.1, -0.05) is 24.4 Å². The lowest BCUT2D eigenvalue weighted by Gasteiger charge is -2.45. The molecule has 4 rings (SSSR count). The SMILES string of the molecule is O[C@@H]1CCCC[C@H]1Nc1nnc(Cl)c2c1CC1(CC2)COC1. The Morgan fingerprint density at radius 1 is 1.18 bits per heavy atom. The van der Waals surface area contributed by atoms with Crippen molar-refractivity contribution in [1.82, 2.24) is 10.2 Å². The van der Waals surface area contributed by atoms with Gasteiger partial charge in [0.1, 0.15) is 0 Å². The lowest BCUT2D eigenvalue weighted by molar-refractivity contribution is -0.119. The molecule has 0 unspecified atom stereocenters. The minimum absolute atomic E-state index is 0.0730. The molecule has 2 fully saturated rings. The van der Waals surface area contributed by atoms with Gasteiger partial charge in [0, 0.05) is 11.0 Å². The van der Waals surface area contributed by atoms with Gasteiger partial charge in [0.25, 0.3) is 0 Å². The van der Waals surface area contributed by atoms with Crippen molar-refractivity contribution in [2.24, 2.45) is 5.41 Å². The monoisotopic (exact) mass is 323 g/mol. The molecule has 1 saturated carbocycles. The zero-order valence-electron chi connectivity index (χ0n) is 12.6. The third-order valence-corrected chi connectivity index (χ3v) is 5.77. The van der Waals surface area contributed by atoms with Gasteiger partial charge < -0.3 is 15.2 Å². The highest BCUT2D eigenvalue weighted by molar-refractivity contribution is 6.30. The number of aliphatic hydroxyl groups excluding tert-OH is 1. The normalized spacial score (nSPS) is 29.7. The lowest BCUT2D eigenvalue weighted by atomic mass is 9.70. The van der Waals surface area contributed by atoms with Crippen LogP contribution < -0.4 is 5.32 Å². The molecule has 0 bridgehead atoms. The maximum atomic E-state index is 10.2. The fourth-order valence-corrected chi connectivity index (χ4v) is 4.23. The average molecular weight is 324 g/mol. The number of aliphatic hydroxyl groups is 1. The van der Waals surface area contributed by atoms with Gasteiger partial charge in [-0.15, -0.1) is 10.2 Å². The number of halogens is 1. The summed E-state index contributed by atoms with van der Waals surface area (Å²) < 4.78 is 5.44. The van der Waals surface area contributed by atoms with Gasteiger partial charge in [0.15, 0.2) is 11.0 Å². The first-order valence-corrected chi connectivity index (χ1v) is 8.61. The molecule has 2 heterocycles. The minimum atomic E-state index is -0.300. The van der Waals surface area contributed by atoms with Crippen molar-refractivity contribution in [1.29, 1.82) is 0 Å². The topological polar surface area (TPSA) is 67.3 Å². The highest BCUT2D eigenvalue weighted by Crippen LogP contribution is 2.44. The summed E-state index contributed by atoms with van der Waals surface area (Å²) >= 11 is 6.26. The van der Waals surface area contributed by atoms with Gasteiger partial charge >= 0.3 is 0 Å². The molecule has 1 aliphatic heterocycles. The van der Waals surface area contributed by atoms with Gasteiger partial charge in [-0.3, -0.25) is 0 Å². The number of ether oxygens (including phenoxy) is 1. The Bertz CT molecular complexity index is 577. The number of anilines is 1. The van der Waals surface area contributed by atoms with Crippen LogP contribution in [-0.4, -0.2) is 40.7 Å². The van der Waals surface area contributed by atoms with E-state index in [4.69, 9.17) is 16.3 Å². The predicted octanol–water partition coefficient (Wildman–Crippen LogP) is 2.35. The van der Waals surface area contributed by atoms with Crippen LogP contribution in [0.5, 0.6) is 0 Å². The first-order chi connectivity index (χ1) is 10.7. The third kappa shape index (κ3) is 2.49. The Morgan fingerprint density at radius 3 is 2.73 bits per heavy atom. The Hall–Kier alpha value is -0.910. The van der Waals surface area contributed by atoms with E-state index in [1.807, 2.05) is 0 Å². The fourth-order valence-electron chi connectivity index (χ4n) is 3.99. The van der Waals surface area contributed by atoms with Gasteiger partial charge in [-0.05, 0) is 37.7 Å². The Labute approximate surface area is 135 Å². The maximum Gasteiger partial charge on any atom is 0.155 e. The lowest BCUT2D eigenvalue weighted by Crippen LogP contribution is -2.47. The molecule has 5 nitrogen and oxygen atoms in total. The molecule has 0 amide bonds. The van der Waals surface area contributed by atoms with Gasteiger partial charge in [-0.2, -0.15) is 0 Å². The highest BCUT2D eigenvalue weighted by atomic mass is 35.5. The second-order valence-corrected chi connectivity index (χ2v) is 7.43. The third-order valence-electron chi connectivity index (χ3n) is 5.46. The standard InChI is InChI=1S/C16H22ClN3O2/c17-14-10-5-6-16(8-22-9-16)7-11(10)15(20-19-14)18-12-3-1-2-4-13(12)21/h12-13,21H,1-9H2,(H,18,20)/t12-,13-/m1/s1. The molecule has 120 valence electrons. The van der Waals surface area contributed by atoms with Gasteiger partial charge in [-0.25, -0.2) is 0 Å². The Kier molecular flexibility index (Phi) is 3.75. The first kappa shape index (κ1) is 14.7. The predicted molar refractivity (Wildman–Crippen MR) is 84.2 cm³/mol. The fraction of sp³-hybridized carbons (Fsp3) is 0.750. The number of hydrogen-bond donors (Lipinski definition) is 2. The summed E-state index contributed by atoms with van der Waals surface area (Å²) in [5.41, 5.74) is 2.58. The van der Waals surface area contributed by atoms with E-state index in [1.165, 1.54) is 5.56 Å². The quantitative estimate of drug-likeness (QED) is 0.874. The molecule has 1 spiro atoms. The summed E-state index contributed by atoms with van der Waals surface area (Å²) in [7, 11) is 0. The van der Waals surface area contributed by atoms with Crippen molar-refractivity contribution in [2.45, 2.75) is 57.1 Å². The van der Waals surface area contributed by atoms with Crippen LogP contribution in [0.4, 0.5) is 5.82 Å². The molecule has 2 N–H and O–H groups in total. The van der Waals surface area contributed by atoms with E-state index >= 15 is 0 Å². The molecule has 3 aliphatic rings. The van der Waals surface area contributed by atoms with E-state index in [-0.39, 0.29) is 17.6 Å². The zero-order chi connectivity index (χ0) is 15.2. The van der Waals surface area contributed by atoms with Crippen LogP contribution in [0.25, 0.3) is 0 Å². The number of nitrogens with one attached hydrogen (secondary N) is 1. The number of nitrogens with zero attached hydrogens (tertiary/aromatic N) is 2. The van der Waals surface area contributed by atoms with Crippen LogP contribution >= 0.6 is 11.6 Å². The maximum absolute atomic E-state index is 10.2. The van der Waals surface area contributed by atoms with Gasteiger partial charge in [0.05, 0.1) is 25.4 Å². The van der Waals surface area contributed by atoms with E-state index in [2.05, 4.69) is 15.5 Å². The van der Waals surface area contributed by atoms with Crippen LogP contribution in [0.3, 0.4) is 0 Å². The molecule has 2 aliphatic carbocycles. The largest absolute Gasteiger partial charge is 0.391 e. The van der Waals surface area contributed by atoms with E-state index in [1.54, 1.807) is 0 Å². The van der Waals surface area contributed by atoms with Crippen molar-refractivity contribution >= 4 is 17.4 Å². The zero-order valence-corrected chi connectivity index (χ0v) is 13.4. The second kappa shape index (κ2) is 5.62. The highest BCUT2D eigenvalue weighted by Gasteiger charge is 2.43. The molecular weight excluding hydrogens is 302 g/mol. The van der Waals surface area contributed by atoms with Crippen LogP contribution in [0.1, 0.15) is 43.2 Å². The molecule has 1 aromatic rings. The van der Waals surface area contributed by atoms with E-state index in [0.717, 1.165) is 69.5 Å². The van der Waals surface area contributed by atoms with Crippen LogP contribution in [0.2, 0.25) is 5.15 Å². The molecule has 22 heavy (non-hydrogen) atoms. The van der Waals surface area contributed by atoms with Crippen molar-refractivity contribution in [3.05, 3.63) is 16.3 Å². The number of hydrogen-bond acceptors (Lipinski definition) is 5. The van der Waals surface area contributed by atoms with Crippen LogP contribution in [-0.2, 0) is 17.6 Å². The average Bonchev–Trinajstić information content (AvgIpc) is 2.50. The summed E-state index contributed by atoms with van der Waals surface area (Å²) in [5.74, 6) is 0.816. The molecule has 6 heteroatoms. The summed E-state index contributed by atoms with van der Waals surface area (Å²) in [6.45, 7) is 1.66. The number of rotatable bonds is 2. The first-order valence-electron chi connectivity index (χ1n) is 8.23. The van der Waals surface area contributed by atoms with Crippen LogP contribution in [0, 0.1) is 5.41 Å². The van der Waals surface area contributed by atoms with Crippen molar-refractivity contribution in [3.8, 4) is 0 Å². The van der Waals surface area contributed by atoms with Gasteiger partial charge in [0.2, 0.25) is 0 Å². The Morgan fingerprint density at radius 2 is 2.00 bits per heavy atom. The van der Waals surface area contributed by atoms with E-state index in [0.29, 0.717) is 5.15 Å². The minimum Gasteiger partial charge on any atom is -0.391 e.